The van der Waals surface area contributed by atoms with E-state index >= 15 is 0 Å². The van der Waals surface area contributed by atoms with Crippen molar-refractivity contribution in [1.82, 2.24) is 0 Å². The highest BCUT2D eigenvalue weighted by atomic mass is 15.2. The molecular formula is C58H43N. The van der Waals surface area contributed by atoms with Gasteiger partial charge in [-0.2, -0.15) is 0 Å². The minimum Gasteiger partial charge on any atom is -0.308 e. The highest BCUT2D eigenvalue weighted by molar-refractivity contribution is 6.07. The third-order valence-corrected chi connectivity index (χ3v) is 12.8. The Labute approximate surface area is 347 Å². The number of hydrogen-bond donors (Lipinski definition) is 0. The lowest BCUT2D eigenvalue weighted by Crippen LogP contribution is -2.17. The number of anilines is 3. The summed E-state index contributed by atoms with van der Waals surface area (Å²) < 4.78 is 0. The first kappa shape index (κ1) is 35.0. The Bertz CT molecular complexity index is 3050. The fraction of sp³-hybridized carbons (Fsp3) is 0.0690. The first-order valence-corrected chi connectivity index (χ1v) is 20.8. The predicted molar refractivity (Wildman–Crippen MR) is 249 cm³/mol. The maximum atomic E-state index is 2.66. The van der Waals surface area contributed by atoms with Gasteiger partial charge in [0.15, 0.2) is 0 Å². The van der Waals surface area contributed by atoms with E-state index in [1.807, 2.05) is 0 Å². The van der Waals surface area contributed by atoms with Crippen LogP contribution in [0.1, 0.15) is 33.4 Å². The summed E-state index contributed by atoms with van der Waals surface area (Å²) in [7, 11) is 0. The van der Waals surface area contributed by atoms with Crippen molar-refractivity contribution in [2.75, 3.05) is 4.90 Å². The molecule has 1 heteroatoms. The highest BCUT2D eigenvalue weighted by Crippen LogP contribution is 2.57. The summed E-state index contributed by atoms with van der Waals surface area (Å²) in [5.41, 5.74) is 26.8. The summed E-state index contributed by atoms with van der Waals surface area (Å²) in [6.07, 6.45) is 1.76. The zero-order valence-corrected chi connectivity index (χ0v) is 33.4. The molecule has 0 bridgehead atoms. The minimum atomic E-state index is 0.843. The molecule has 0 saturated heterocycles. The van der Waals surface area contributed by atoms with Crippen LogP contribution in [0.5, 0.6) is 0 Å². The molecule has 0 fully saturated rings. The van der Waals surface area contributed by atoms with E-state index in [1.54, 1.807) is 0 Å². The third-order valence-electron chi connectivity index (χ3n) is 12.8. The van der Waals surface area contributed by atoms with Crippen LogP contribution in [-0.2, 0) is 12.8 Å². The Balaban J connectivity index is 1.31. The summed E-state index contributed by atoms with van der Waals surface area (Å²) in [4.78, 5) is 2.66. The predicted octanol–water partition coefficient (Wildman–Crippen LogP) is 15.6. The molecule has 280 valence electrons. The largest absolute Gasteiger partial charge is 0.308 e. The van der Waals surface area contributed by atoms with Gasteiger partial charge in [0.05, 0.1) is 17.1 Å². The van der Waals surface area contributed by atoms with Gasteiger partial charge in [-0.15, -0.1) is 0 Å². The number of hydrogen-bond acceptors (Lipinski definition) is 1. The standard InChI is InChI=1S/C58H43N/c1-38-33-34-55(56(39(38)2)49-31-18-30-48-45-27-14-12-25-43(45)35-51(48)49)59(54-32-17-16-29-47(54)40-19-6-3-7-20-40)58-53-36-44-26-13-15-28-46(44)52(53)37-50(41-21-8-4-9-22-41)57(58)42-23-10-5-11-24-42/h3-34,37H,35-36H2,1-2H3. The average molecular weight is 754 g/mol. The van der Waals surface area contributed by atoms with Crippen LogP contribution >= 0.6 is 0 Å². The number of aryl methyl sites for hydroxylation is 1. The Hall–Kier alpha value is -7.22. The van der Waals surface area contributed by atoms with Crippen molar-refractivity contribution in [3.63, 3.8) is 0 Å². The van der Waals surface area contributed by atoms with Gasteiger partial charge in [0.2, 0.25) is 0 Å². The van der Waals surface area contributed by atoms with Crippen LogP contribution in [0.3, 0.4) is 0 Å². The van der Waals surface area contributed by atoms with Crippen LogP contribution in [-0.4, -0.2) is 0 Å². The molecule has 11 rings (SSSR count). The molecule has 0 atom stereocenters. The van der Waals surface area contributed by atoms with Gasteiger partial charge < -0.3 is 4.90 Å². The van der Waals surface area contributed by atoms with Gasteiger partial charge in [-0.1, -0.05) is 182 Å². The van der Waals surface area contributed by atoms with Crippen molar-refractivity contribution >= 4 is 17.1 Å². The fourth-order valence-electron chi connectivity index (χ4n) is 9.87. The van der Waals surface area contributed by atoms with Gasteiger partial charge in [-0.25, -0.2) is 0 Å². The van der Waals surface area contributed by atoms with Crippen LogP contribution in [0.4, 0.5) is 17.1 Å². The second-order valence-electron chi connectivity index (χ2n) is 16.0. The van der Waals surface area contributed by atoms with E-state index in [2.05, 4.69) is 219 Å². The molecule has 0 spiro atoms. The lowest BCUT2D eigenvalue weighted by molar-refractivity contribution is 1.19. The van der Waals surface area contributed by atoms with E-state index in [-0.39, 0.29) is 0 Å². The second-order valence-corrected chi connectivity index (χ2v) is 16.0. The molecule has 9 aromatic carbocycles. The molecule has 0 unspecified atom stereocenters. The molecule has 2 aliphatic carbocycles. The maximum absolute atomic E-state index is 2.66. The average Bonchev–Trinajstić information content (AvgIpc) is 3.87. The van der Waals surface area contributed by atoms with E-state index in [9.17, 15) is 0 Å². The van der Waals surface area contributed by atoms with E-state index in [0.717, 1.165) is 18.5 Å². The van der Waals surface area contributed by atoms with Crippen molar-refractivity contribution < 1.29 is 0 Å². The minimum absolute atomic E-state index is 0.843. The monoisotopic (exact) mass is 753 g/mol. The second kappa shape index (κ2) is 14.3. The number of benzene rings is 9. The Morgan fingerprint density at radius 2 is 0.847 bits per heavy atom. The van der Waals surface area contributed by atoms with Gasteiger partial charge in [-0.3, -0.25) is 0 Å². The smallest absolute Gasteiger partial charge is 0.0588 e. The first-order valence-electron chi connectivity index (χ1n) is 20.8. The lowest BCUT2D eigenvalue weighted by atomic mass is 9.85. The van der Waals surface area contributed by atoms with E-state index in [0.29, 0.717) is 0 Å². The van der Waals surface area contributed by atoms with Crippen molar-refractivity contribution in [2.45, 2.75) is 26.7 Å². The lowest BCUT2D eigenvalue weighted by Gasteiger charge is -2.35. The zero-order valence-electron chi connectivity index (χ0n) is 33.4. The molecule has 0 amide bonds. The Kier molecular flexibility index (Phi) is 8.48. The van der Waals surface area contributed by atoms with Crippen LogP contribution in [0.25, 0.3) is 66.8 Å². The summed E-state index contributed by atoms with van der Waals surface area (Å²) in [5, 5.41) is 0. The number of fused-ring (bicyclic) bond motifs is 6. The number of nitrogens with zero attached hydrogens (tertiary/aromatic N) is 1. The van der Waals surface area contributed by atoms with E-state index < -0.39 is 0 Å². The van der Waals surface area contributed by atoms with Crippen molar-refractivity contribution in [2.24, 2.45) is 0 Å². The molecule has 1 nitrogen and oxygen atoms in total. The fourth-order valence-corrected chi connectivity index (χ4v) is 9.87. The Morgan fingerprint density at radius 1 is 0.339 bits per heavy atom. The molecule has 2 aliphatic rings. The van der Waals surface area contributed by atoms with Crippen LogP contribution in [0, 0.1) is 13.8 Å². The van der Waals surface area contributed by atoms with Crippen LogP contribution in [0.15, 0.2) is 200 Å². The molecule has 0 aromatic heterocycles. The molecule has 0 saturated carbocycles. The molecule has 0 heterocycles. The van der Waals surface area contributed by atoms with Gasteiger partial charge in [0.25, 0.3) is 0 Å². The van der Waals surface area contributed by atoms with E-state index in [1.165, 1.54) is 112 Å². The summed E-state index contributed by atoms with van der Waals surface area (Å²) in [6, 6.07) is 74.2. The van der Waals surface area contributed by atoms with Crippen LogP contribution < -0.4 is 4.90 Å². The van der Waals surface area contributed by atoms with Crippen molar-refractivity contribution in [3.8, 4) is 66.8 Å². The third kappa shape index (κ3) is 5.76. The van der Waals surface area contributed by atoms with E-state index in [4.69, 9.17) is 0 Å². The molecule has 0 N–H and O–H groups in total. The van der Waals surface area contributed by atoms with Gasteiger partial charge in [-0.05, 0) is 122 Å². The quantitative estimate of drug-likeness (QED) is 0.157. The number of para-hydroxylation sites is 1. The van der Waals surface area contributed by atoms with Gasteiger partial charge >= 0.3 is 0 Å². The van der Waals surface area contributed by atoms with Crippen molar-refractivity contribution in [3.05, 3.63) is 234 Å². The molecule has 9 aromatic rings. The maximum Gasteiger partial charge on any atom is 0.0588 e. The van der Waals surface area contributed by atoms with Crippen molar-refractivity contribution in [1.29, 1.82) is 0 Å². The topological polar surface area (TPSA) is 3.24 Å². The molecular weight excluding hydrogens is 711 g/mol. The zero-order chi connectivity index (χ0) is 39.5. The summed E-state index contributed by atoms with van der Waals surface area (Å²) >= 11 is 0. The number of rotatable bonds is 7. The highest BCUT2D eigenvalue weighted by Gasteiger charge is 2.34. The summed E-state index contributed by atoms with van der Waals surface area (Å²) in [6.45, 7) is 4.60. The summed E-state index contributed by atoms with van der Waals surface area (Å²) in [5.74, 6) is 0. The van der Waals surface area contributed by atoms with Crippen LogP contribution in [0.2, 0.25) is 0 Å². The van der Waals surface area contributed by atoms with Gasteiger partial charge in [0, 0.05) is 23.1 Å². The molecule has 0 aliphatic heterocycles. The first-order chi connectivity index (χ1) is 29.1. The molecule has 0 radical (unpaired) electrons. The Morgan fingerprint density at radius 3 is 1.53 bits per heavy atom. The normalized spacial score (nSPS) is 12.1. The molecule has 59 heavy (non-hydrogen) atoms. The van der Waals surface area contributed by atoms with Gasteiger partial charge in [0.1, 0.15) is 0 Å². The SMILES string of the molecule is Cc1ccc(N(c2ccccc2-c2ccccc2)c2c3c(cc(-c4ccccc4)c2-c2ccccc2)-c2ccccc2C3)c(-c2cccc3c2Cc2ccccc2-3)c1C.